The van der Waals surface area contributed by atoms with Crippen LogP contribution in [0.3, 0.4) is 0 Å². The van der Waals surface area contributed by atoms with Crippen LogP contribution < -0.4 is 24.2 Å². The summed E-state index contributed by atoms with van der Waals surface area (Å²) in [5, 5.41) is 0.969. The van der Waals surface area contributed by atoms with E-state index in [9.17, 15) is 9.59 Å². The molecule has 42 heavy (non-hydrogen) atoms. The Kier molecular flexibility index (Phi) is 6.81. The second-order valence-electron chi connectivity index (χ2n) is 10.8. The molecule has 4 aromatic rings. The third kappa shape index (κ3) is 4.77. The highest BCUT2D eigenvalue weighted by Crippen LogP contribution is 2.38. The summed E-state index contributed by atoms with van der Waals surface area (Å²) in [6.45, 7) is 9.87. The zero-order chi connectivity index (χ0) is 28.8. The van der Waals surface area contributed by atoms with Gasteiger partial charge < -0.3 is 29.1 Å². The molecule has 0 saturated carbocycles. The number of Topliss-reactive ketones (excluding diaryl/α,β-unsaturated/α-hetero) is 1. The maximum atomic E-state index is 13.7. The molecule has 7 rings (SSSR count). The summed E-state index contributed by atoms with van der Waals surface area (Å²) in [7, 11) is 0. The number of rotatable bonds is 5. The molecule has 2 fully saturated rings. The van der Waals surface area contributed by atoms with E-state index >= 15 is 0 Å². The smallest absolute Gasteiger partial charge is 0.264 e. The van der Waals surface area contributed by atoms with Gasteiger partial charge in [0, 0.05) is 75.4 Å². The molecule has 5 heterocycles. The van der Waals surface area contributed by atoms with Crippen molar-refractivity contribution in [3.63, 3.8) is 0 Å². The highest BCUT2D eigenvalue weighted by molar-refractivity contribution is 7.20. The molecule has 0 radical (unpaired) electrons. The van der Waals surface area contributed by atoms with Crippen molar-refractivity contribution in [3.8, 4) is 11.5 Å². The van der Waals surface area contributed by atoms with Crippen molar-refractivity contribution in [1.82, 2.24) is 14.9 Å². The van der Waals surface area contributed by atoms with Gasteiger partial charge in [0.1, 0.15) is 17.0 Å². The molecule has 3 aliphatic heterocycles. The number of anilines is 3. The largest absolute Gasteiger partial charge is 0.454 e. The molecule has 1 amide bonds. The number of ketones is 1. The first-order valence-electron chi connectivity index (χ1n) is 14.2. The van der Waals surface area contributed by atoms with Crippen LogP contribution in [0, 0.1) is 6.92 Å². The minimum atomic E-state index is 0.0574. The van der Waals surface area contributed by atoms with Gasteiger partial charge in [-0.05, 0) is 43.7 Å². The minimum Gasteiger partial charge on any atom is -0.454 e. The van der Waals surface area contributed by atoms with Crippen LogP contribution in [0.5, 0.6) is 11.5 Å². The number of carbonyl (C=O) groups excluding carboxylic acids is 2. The van der Waals surface area contributed by atoms with Gasteiger partial charge in [-0.2, -0.15) is 0 Å². The van der Waals surface area contributed by atoms with Crippen molar-refractivity contribution in [3.05, 3.63) is 64.8 Å². The van der Waals surface area contributed by atoms with Crippen LogP contribution in [0.1, 0.15) is 32.5 Å². The molecule has 216 valence electrons. The summed E-state index contributed by atoms with van der Waals surface area (Å²) in [4.78, 5) is 45.2. The Morgan fingerprint density at radius 1 is 0.810 bits per heavy atom. The van der Waals surface area contributed by atoms with Gasteiger partial charge in [-0.1, -0.05) is 12.1 Å². The number of carbonyl (C=O) groups is 2. The lowest BCUT2D eigenvalue weighted by Crippen LogP contribution is -2.48. The van der Waals surface area contributed by atoms with Crippen molar-refractivity contribution in [2.45, 2.75) is 13.8 Å². The van der Waals surface area contributed by atoms with Crippen molar-refractivity contribution >= 4 is 50.4 Å². The molecule has 11 heteroatoms. The molecule has 0 spiro atoms. The topological polar surface area (TPSA) is 91.3 Å². The van der Waals surface area contributed by atoms with E-state index in [0.717, 1.165) is 94.2 Å². The second-order valence-corrected chi connectivity index (χ2v) is 11.8. The predicted octanol–water partition coefficient (Wildman–Crippen LogP) is 4.22. The molecule has 3 aliphatic rings. The fourth-order valence-corrected chi connectivity index (χ4v) is 7.10. The van der Waals surface area contributed by atoms with E-state index in [2.05, 4.69) is 30.7 Å². The monoisotopic (exact) mass is 584 g/mol. The Morgan fingerprint density at radius 2 is 1.50 bits per heavy atom. The zero-order valence-electron chi connectivity index (χ0n) is 23.7. The number of nitrogens with zero attached hydrogens (tertiary/aromatic N) is 6. The first kappa shape index (κ1) is 26.5. The average molecular weight is 585 g/mol. The van der Waals surface area contributed by atoms with Crippen molar-refractivity contribution in [2.24, 2.45) is 0 Å². The normalized spacial score (nSPS) is 16.8. The summed E-state index contributed by atoms with van der Waals surface area (Å²) in [6, 6.07) is 13.8. The number of ether oxygens (including phenoxy) is 2. The second kappa shape index (κ2) is 10.8. The van der Waals surface area contributed by atoms with E-state index < -0.39 is 0 Å². The molecule has 0 atom stereocenters. The van der Waals surface area contributed by atoms with Crippen LogP contribution in [0.15, 0.2) is 48.8 Å². The van der Waals surface area contributed by atoms with E-state index in [0.29, 0.717) is 13.1 Å². The standard InChI is InChI=1S/C31H32N6O4S/c1-20-27-29(36-12-8-34(9-13-36)23-5-3-4-22(16-23)21(2)38)32-18-33-30(27)42-28(20)31(39)37-14-10-35(11-15-37)24-6-7-25-26(17-24)41-19-40-25/h3-7,16-18H,8-15,19H2,1-2H3. The lowest BCUT2D eigenvalue weighted by atomic mass is 10.1. The molecule has 0 N–H and O–H groups in total. The molecule has 0 aliphatic carbocycles. The Hall–Kier alpha value is -4.38. The van der Waals surface area contributed by atoms with Gasteiger partial charge in [0.25, 0.3) is 5.91 Å². The van der Waals surface area contributed by atoms with Crippen LogP contribution in [0.2, 0.25) is 0 Å². The van der Waals surface area contributed by atoms with Gasteiger partial charge in [-0.3, -0.25) is 9.59 Å². The highest BCUT2D eigenvalue weighted by atomic mass is 32.1. The van der Waals surface area contributed by atoms with Gasteiger partial charge in [0.2, 0.25) is 6.79 Å². The molecule has 2 saturated heterocycles. The lowest BCUT2D eigenvalue weighted by Gasteiger charge is -2.37. The van der Waals surface area contributed by atoms with Crippen LogP contribution in [-0.2, 0) is 0 Å². The number of benzene rings is 2. The first-order chi connectivity index (χ1) is 20.5. The number of amides is 1. The van der Waals surface area contributed by atoms with Crippen molar-refractivity contribution in [2.75, 3.05) is 73.9 Å². The fourth-order valence-electron chi connectivity index (χ4n) is 5.99. The quantitative estimate of drug-likeness (QED) is 0.320. The number of thiophene rings is 1. The van der Waals surface area contributed by atoms with Crippen LogP contribution >= 0.6 is 11.3 Å². The SMILES string of the molecule is CC(=O)c1cccc(N2CCN(c3ncnc4sc(C(=O)N5CCN(c6ccc7c(c6)OCO7)CC5)c(C)c34)CC2)c1. The lowest BCUT2D eigenvalue weighted by molar-refractivity contribution is 0.0751. The van der Waals surface area contributed by atoms with Crippen LogP contribution in [-0.4, -0.2) is 85.7 Å². The van der Waals surface area contributed by atoms with Crippen LogP contribution in [0.4, 0.5) is 17.2 Å². The summed E-state index contributed by atoms with van der Waals surface area (Å²) in [5.41, 5.74) is 3.82. The third-order valence-electron chi connectivity index (χ3n) is 8.39. The van der Waals surface area contributed by atoms with Gasteiger partial charge in [0.15, 0.2) is 17.3 Å². The number of piperazine rings is 2. The van der Waals surface area contributed by atoms with Gasteiger partial charge >= 0.3 is 0 Å². The summed E-state index contributed by atoms with van der Waals surface area (Å²) < 4.78 is 11.0. The Morgan fingerprint density at radius 3 is 2.26 bits per heavy atom. The molecule has 0 unspecified atom stereocenters. The maximum absolute atomic E-state index is 13.7. The molecular weight excluding hydrogens is 552 g/mol. The van der Waals surface area contributed by atoms with E-state index in [1.54, 1.807) is 13.3 Å². The summed E-state index contributed by atoms with van der Waals surface area (Å²) >= 11 is 1.46. The van der Waals surface area contributed by atoms with E-state index in [4.69, 9.17) is 9.47 Å². The van der Waals surface area contributed by atoms with Gasteiger partial charge in [0.05, 0.1) is 10.3 Å². The molecular formula is C31H32N6O4S. The maximum Gasteiger partial charge on any atom is 0.264 e. The number of aromatic nitrogens is 2. The zero-order valence-corrected chi connectivity index (χ0v) is 24.5. The Balaban J connectivity index is 1.05. The van der Waals surface area contributed by atoms with Crippen molar-refractivity contribution < 1.29 is 19.1 Å². The third-order valence-corrected chi connectivity index (χ3v) is 9.57. The molecule has 10 nitrogen and oxygen atoms in total. The van der Waals surface area contributed by atoms with E-state index in [1.807, 2.05) is 48.2 Å². The highest BCUT2D eigenvalue weighted by Gasteiger charge is 2.29. The number of fused-ring (bicyclic) bond motifs is 2. The number of aryl methyl sites for hydroxylation is 1. The Bertz CT molecular complexity index is 1670. The number of hydrogen-bond acceptors (Lipinski definition) is 10. The number of hydrogen-bond donors (Lipinski definition) is 0. The van der Waals surface area contributed by atoms with Crippen molar-refractivity contribution in [1.29, 1.82) is 0 Å². The fraction of sp³-hybridized carbons (Fsp3) is 0.355. The predicted molar refractivity (Wildman–Crippen MR) is 164 cm³/mol. The molecule has 0 bridgehead atoms. The molecule has 2 aromatic carbocycles. The first-order valence-corrected chi connectivity index (χ1v) is 15.1. The minimum absolute atomic E-state index is 0.0574. The average Bonchev–Trinajstić information content (AvgIpc) is 3.65. The summed E-state index contributed by atoms with van der Waals surface area (Å²) in [6.07, 6.45) is 1.61. The summed E-state index contributed by atoms with van der Waals surface area (Å²) in [5.74, 6) is 2.56. The molecule has 2 aromatic heterocycles. The van der Waals surface area contributed by atoms with Gasteiger partial charge in [-0.15, -0.1) is 11.3 Å². The van der Waals surface area contributed by atoms with Crippen LogP contribution in [0.25, 0.3) is 10.2 Å². The van der Waals surface area contributed by atoms with E-state index in [1.165, 1.54) is 11.3 Å². The van der Waals surface area contributed by atoms with Gasteiger partial charge in [-0.25, -0.2) is 9.97 Å². The van der Waals surface area contributed by atoms with E-state index in [-0.39, 0.29) is 18.5 Å². The Labute approximate surface area is 248 Å².